The molecule has 2 fully saturated rings. The number of carbonyl (C=O) groups excluding carboxylic acids is 1. The molecule has 0 unspecified atom stereocenters. The van der Waals surface area contributed by atoms with Gasteiger partial charge in [-0.3, -0.25) is 4.79 Å². The van der Waals surface area contributed by atoms with Crippen LogP contribution < -0.4 is 4.90 Å². The summed E-state index contributed by atoms with van der Waals surface area (Å²) >= 11 is 0. The Balaban J connectivity index is 1.41. The second-order valence-corrected chi connectivity index (χ2v) is 6.88. The molecule has 3 rings (SSSR count). The third kappa shape index (κ3) is 4.44. The van der Waals surface area contributed by atoms with Crippen LogP contribution in [0.3, 0.4) is 0 Å². The lowest BCUT2D eigenvalue weighted by molar-refractivity contribution is -0.131. The van der Waals surface area contributed by atoms with Crippen LogP contribution in [0.2, 0.25) is 0 Å². The van der Waals surface area contributed by atoms with Gasteiger partial charge in [-0.2, -0.15) is 0 Å². The average Bonchev–Trinajstić information content (AvgIpc) is 2.67. The van der Waals surface area contributed by atoms with Gasteiger partial charge in [0.2, 0.25) is 11.9 Å². The SMILES string of the molecule is CC[C@H]1CCCN(CCC(=O)N2CCN(c3ncccn3)CC2)C1. The normalized spacial score (nSPS) is 22.6. The van der Waals surface area contributed by atoms with E-state index < -0.39 is 0 Å². The van der Waals surface area contributed by atoms with E-state index in [1.165, 1.54) is 25.8 Å². The van der Waals surface area contributed by atoms with Gasteiger partial charge in [-0.25, -0.2) is 9.97 Å². The van der Waals surface area contributed by atoms with Crippen LogP contribution in [0.5, 0.6) is 0 Å². The van der Waals surface area contributed by atoms with Crippen molar-refractivity contribution < 1.29 is 4.79 Å². The van der Waals surface area contributed by atoms with Crippen LogP contribution in [0.1, 0.15) is 32.6 Å². The van der Waals surface area contributed by atoms with Crippen LogP contribution in [0.4, 0.5) is 5.95 Å². The summed E-state index contributed by atoms with van der Waals surface area (Å²) in [5.74, 6) is 1.88. The summed E-state index contributed by atoms with van der Waals surface area (Å²) in [6.07, 6.45) is 8.07. The number of piperidine rings is 1. The van der Waals surface area contributed by atoms with Crippen LogP contribution in [-0.4, -0.2) is 71.5 Å². The average molecular weight is 331 g/mol. The Morgan fingerprint density at radius 1 is 1.17 bits per heavy atom. The summed E-state index contributed by atoms with van der Waals surface area (Å²) in [6.45, 7) is 8.69. The van der Waals surface area contributed by atoms with E-state index in [1.54, 1.807) is 12.4 Å². The molecule has 2 saturated heterocycles. The Kier molecular flexibility index (Phi) is 6.01. The highest BCUT2D eigenvalue weighted by Crippen LogP contribution is 2.19. The first-order valence-corrected chi connectivity index (χ1v) is 9.28. The zero-order valence-corrected chi connectivity index (χ0v) is 14.7. The predicted octanol–water partition coefficient (Wildman–Crippen LogP) is 1.64. The highest BCUT2D eigenvalue weighted by molar-refractivity contribution is 5.76. The molecule has 24 heavy (non-hydrogen) atoms. The summed E-state index contributed by atoms with van der Waals surface area (Å²) in [6, 6.07) is 1.83. The largest absolute Gasteiger partial charge is 0.339 e. The summed E-state index contributed by atoms with van der Waals surface area (Å²) in [5, 5.41) is 0. The smallest absolute Gasteiger partial charge is 0.225 e. The summed E-state index contributed by atoms with van der Waals surface area (Å²) in [5.41, 5.74) is 0. The molecule has 0 bridgehead atoms. The van der Waals surface area contributed by atoms with E-state index in [1.807, 2.05) is 11.0 Å². The highest BCUT2D eigenvalue weighted by atomic mass is 16.2. The van der Waals surface area contributed by atoms with E-state index in [4.69, 9.17) is 0 Å². The maximum absolute atomic E-state index is 12.5. The molecule has 1 amide bonds. The van der Waals surface area contributed by atoms with Gasteiger partial charge in [-0.05, 0) is 31.4 Å². The number of amides is 1. The number of nitrogens with zero attached hydrogens (tertiary/aromatic N) is 5. The van der Waals surface area contributed by atoms with Crippen molar-refractivity contribution in [2.45, 2.75) is 32.6 Å². The molecule has 1 atom stereocenters. The molecule has 6 nitrogen and oxygen atoms in total. The van der Waals surface area contributed by atoms with Crippen molar-refractivity contribution in [3.05, 3.63) is 18.5 Å². The molecule has 0 aliphatic carbocycles. The van der Waals surface area contributed by atoms with Crippen molar-refractivity contribution in [3.8, 4) is 0 Å². The fraction of sp³-hybridized carbons (Fsp3) is 0.722. The quantitative estimate of drug-likeness (QED) is 0.821. The van der Waals surface area contributed by atoms with E-state index in [0.29, 0.717) is 12.3 Å². The zero-order valence-electron chi connectivity index (χ0n) is 14.7. The third-order valence-electron chi connectivity index (χ3n) is 5.29. The molecule has 0 saturated carbocycles. The van der Waals surface area contributed by atoms with Crippen molar-refractivity contribution in [1.82, 2.24) is 19.8 Å². The molecule has 0 aromatic carbocycles. The molecular formula is C18H29N5O. The van der Waals surface area contributed by atoms with Gasteiger partial charge < -0.3 is 14.7 Å². The third-order valence-corrected chi connectivity index (χ3v) is 5.29. The number of piperazine rings is 1. The van der Waals surface area contributed by atoms with E-state index in [9.17, 15) is 4.79 Å². The molecule has 2 aliphatic rings. The van der Waals surface area contributed by atoms with E-state index in [-0.39, 0.29) is 0 Å². The van der Waals surface area contributed by atoms with Crippen molar-refractivity contribution >= 4 is 11.9 Å². The minimum absolute atomic E-state index is 0.294. The molecule has 132 valence electrons. The molecule has 1 aromatic rings. The van der Waals surface area contributed by atoms with Crippen LogP contribution in [0, 0.1) is 5.92 Å². The minimum Gasteiger partial charge on any atom is -0.339 e. The van der Waals surface area contributed by atoms with Gasteiger partial charge in [0.1, 0.15) is 0 Å². The van der Waals surface area contributed by atoms with Crippen LogP contribution >= 0.6 is 0 Å². The lowest BCUT2D eigenvalue weighted by atomic mass is 9.95. The first-order chi connectivity index (χ1) is 11.8. The van der Waals surface area contributed by atoms with Crippen LogP contribution in [0.25, 0.3) is 0 Å². The lowest BCUT2D eigenvalue weighted by Crippen LogP contribution is -2.50. The van der Waals surface area contributed by atoms with Gasteiger partial charge in [-0.1, -0.05) is 13.3 Å². The van der Waals surface area contributed by atoms with Gasteiger partial charge in [0.25, 0.3) is 0 Å². The number of hydrogen-bond donors (Lipinski definition) is 0. The minimum atomic E-state index is 0.294. The molecule has 6 heteroatoms. The number of likely N-dealkylation sites (tertiary alicyclic amines) is 1. The van der Waals surface area contributed by atoms with Gasteiger partial charge in [0, 0.05) is 58.1 Å². The Hall–Kier alpha value is -1.69. The standard InChI is InChI=1S/C18H29N5O/c1-2-16-5-3-9-21(15-16)10-6-17(24)22-11-13-23(14-12-22)18-19-7-4-8-20-18/h4,7-8,16H,2-3,5-6,9-15H2,1H3/t16-/m0/s1. The summed E-state index contributed by atoms with van der Waals surface area (Å²) in [7, 11) is 0. The number of aromatic nitrogens is 2. The molecule has 1 aromatic heterocycles. The maximum Gasteiger partial charge on any atom is 0.225 e. The van der Waals surface area contributed by atoms with Gasteiger partial charge in [0.15, 0.2) is 0 Å². The zero-order chi connectivity index (χ0) is 16.8. The second kappa shape index (κ2) is 8.42. The predicted molar refractivity (Wildman–Crippen MR) is 94.9 cm³/mol. The molecule has 0 N–H and O–H groups in total. The Bertz CT molecular complexity index is 515. The van der Waals surface area contributed by atoms with Gasteiger partial charge in [0.05, 0.1) is 0 Å². The van der Waals surface area contributed by atoms with Gasteiger partial charge >= 0.3 is 0 Å². The van der Waals surface area contributed by atoms with Crippen molar-refractivity contribution in [2.75, 3.05) is 50.7 Å². The lowest BCUT2D eigenvalue weighted by Gasteiger charge is -2.36. The molecule has 0 spiro atoms. The fourth-order valence-electron chi connectivity index (χ4n) is 3.71. The van der Waals surface area contributed by atoms with E-state index >= 15 is 0 Å². The number of hydrogen-bond acceptors (Lipinski definition) is 5. The number of rotatable bonds is 5. The van der Waals surface area contributed by atoms with Crippen molar-refractivity contribution in [3.63, 3.8) is 0 Å². The Morgan fingerprint density at radius 3 is 2.62 bits per heavy atom. The molecular weight excluding hydrogens is 302 g/mol. The first kappa shape index (κ1) is 17.1. The van der Waals surface area contributed by atoms with Crippen molar-refractivity contribution in [2.24, 2.45) is 5.92 Å². The topological polar surface area (TPSA) is 52.6 Å². The molecule has 2 aliphatic heterocycles. The van der Waals surface area contributed by atoms with Crippen molar-refractivity contribution in [1.29, 1.82) is 0 Å². The summed E-state index contributed by atoms with van der Waals surface area (Å²) in [4.78, 5) is 27.7. The molecule has 0 radical (unpaired) electrons. The Labute approximate surface area is 144 Å². The highest BCUT2D eigenvalue weighted by Gasteiger charge is 2.24. The fourth-order valence-corrected chi connectivity index (χ4v) is 3.71. The Morgan fingerprint density at radius 2 is 1.92 bits per heavy atom. The number of anilines is 1. The number of carbonyl (C=O) groups is 1. The first-order valence-electron chi connectivity index (χ1n) is 9.28. The van der Waals surface area contributed by atoms with Crippen LogP contribution in [0.15, 0.2) is 18.5 Å². The van der Waals surface area contributed by atoms with E-state index in [2.05, 4.69) is 26.7 Å². The monoisotopic (exact) mass is 331 g/mol. The van der Waals surface area contributed by atoms with E-state index in [0.717, 1.165) is 51.1 Å². The molecule has 3 heterocycles. The van der Waals surface area contributed by atoms with Crippen LogP contribution in [-0.2, 0) is 4.79 Å². The second-order valence-electron chi connectivity index (χ2n) is 6.88. The summed E-state index contributed by atoms with van der Waals surface area (Å²) < 4.78 is 0. The maximum atomic E-state index is 12.5. The van der Waals surface area contributed by atoms with Gasteiger partial charge in [-0.15, -0.1) is 0 Å².